The Morgan fingerprint density at radius 2 is 2.00 bits per heavy atom. The van der Waals surface area contributed by atoms with Crippen molar-refractivity contribution in [3.63, 3.8) is 0 Å². The van der Waals surface area contributed by atoms with E-state index < -0.39 is 12.0 Å². The van der Waals surface area contributed by atoms with Crippen LogP contribution in [0.15, 0.2) is 22.7 Å². The number of aryl methyl sites for hydroxylation is 1. The van der Waals surface area contributed by atoms with Crippen molar-refractivity contribution in [1.29, 1.82) is 0 Å². The zero-order valence-corrected chi connectivity index (χ0v) is 12.8. The monoisotopic (exact) mass is 327 g/mol. The number of rotatable bonds is 5. The van der Waals surface area contributed by atoms with Gasteiger partial charge in [-0.3, -0.25) is 4.79 Å². The van der Waals surface area contributed by atoms with Crippen LogP contribution in [0.2, 0.25) is 0 Å². The maximum atomic E-state index is 12.1. The molecular weight excluding hydrogens is 310 g/mol. The van der Waals surface area contributed by atoms with Gasteiger partial charge in [0.1, 0.15) is 6.04 Å². The minimum absolute atomic E-state index is 0.199. The Morgan fingerprint density at radius 1 is 1.37 bits per heavy atom. The topological polar surface area (TPSA) is 66.4 Å². The largest absolute Gasteiger partial charge is 0.480 e. The van der Waals surface area contributed by atoms with E-state index in [1.54, 1.807) is 6.07 Å². The molecule has 0 aromatic heterocycles. The zero-order chi connectivity index (χ0) is 14.6. The second kappa shape index (κ2) is 6.70. The van der Waals surface area contributed by atoms with E-state index in [2.05, 4.69) is 21.2 Å². The molecule has 0 aliphatic heterocycles. The number of carbonyl (C=O) groups excluding carboxylic acids is 1. The van der Waals surface area contributed by atoms with Crippen molar-refractivity contribution in [3.05, 3.63) is 33.8 Å². The van der Waals surface area contributed by atoms with Gasteiger partial charge in [0.2, 0.25) is 0 Å². The maximum absolute atomic E-state index is 12.1. The Bertz CT molecular complexity index is 486. The number of amides is 1. The van der Waals surface area contributed by atoms with Crippen molar-refractivity contribution in [2.75, 3.05) is 0 Å². The molecule has 0 bridgehead atoms. The lowest BCUT2D eigenvalue weighted by atomic mass is 10.0. The van der Waals surface area contributed by atoms with Gasteiger partial charge in [0.25, 0.3) is 5.91 Å². The first kappa shape index (κ1) is 15.7. The summed E-state index contributed by atoms with van der Waals surface area (Å²) in [6, 6.07) is 4.50. The summed E-state index contributed by atoms with van der Waals surface area (Å²) in [6.45, 7) is 5.67. The number of carboxylic acids is 1. The number of benzene rings is 1. The van der Waals surface area contributed by atoms with E-state index in [-0.39, 0.29) is 11.8 Å². The molecule has 0 radical (unpaired) electrons. The molecule has 0 saturated heterocycles. The van der Waals surface area contributed by atoms with Gasteiger partial charge in [-0.25, -0.2) is 4.79 Å². The Labute approximate surface area is 121 Å². The Balaban J connectivity index is 2.87. The van der Waals surface area contributed by atoms with Crippen LogP contribution in [0.25, 0.3) is 0 Å². The molecule has 0 spiro atoms. The van der Waals surface area contributed by atoms with Crippen LogP contribution in [0.3, 0.4) is 0 Å². The molecule has 1 aromatic rings. The number of carbonyl (C=O) groups is 2. The third-order valence-electron chi connectivity index (χ3n) is 2.75. The van der Waals surface area contributed by atoms with Crippen LogP contribution >= 0.6 is 15.9 Å². The quantitative estimate of drug-likeness (QED) is 0.873. The first-order valence-corrected chi connectivity index (χ1v) is 6.90. The summed E-state index contributed by atoms with van der Waals surface area (Å²) in [4.78, 5) is 23.2. The second-order valence-electron chi connectivity index (χ2n) is 4.95. The van der Waals surface area contributed by atoms with Gasteiger partial charge in [0, 0.05) is 10.0 Å². The third kappa shape index (κ3) is 4.67. The Morgan fingerprint density at radius 3 is 2.53 bits per heavy atom. The molecule has 19 heavy (non-hydrogen) atoms. The summed E-state index contributed by atoms with van der Waals surface area (Å²) in [5, 5.41) is 11.7. The lowest BCUT2D eigenvalue weighted by molar-refractivity contribution is -0.139. The molecule has 4 nitrogen and oxygen atoms in total. The number of halogens is 1. The lowest BCUT2D eigenvalue weighted by Gasteiger charge is -2.17. The molecule has 1 unspecified atom stereocenters. The summed E-state index contributed by atoms with van der Waals surface area (Å²) in [6.07, 6.45) is 0.411. The van der Waals surface area contributed by atoms with E-state index in [1.807, 2.05) is 32.9 Å². The molecule has 1 amide bonds. The fraction of sp³-hybridized carbons (Fsp3) is 0.429. The molecule has 104 valence electrons. The molecule has 0 aliphatic rings. The van der Waals surface area contributed by atoms with E-state index in [9.17, 15) is 9.59 Å². The molecular formula is C14H18BrNO3. The molecule has 2 N–H and O–H groups in total. The first-order valence-electron chi connectivity index (χ1n) is 6.11. The van der Waals surface area contributed by atoms with Gasteiger partial charge in [-0.05, 0) is 37.0 Å². The van der Waals surface area contributed by atoms with Crippen LogP contribution in [0.4, 0.5) is 0 Å². The number of hydrogen-bond acceptors (Lipinski definition) is 2. The maximum Gasteiger partial charge on any atom is 0.326 e. The van der Waals surface area contributed by atoms with Gasteiger partial charge in [-0.15, -0.1) is 0 Å². The smallest absolute Gasteiger partial charge is 0.326 e. The summed E-state index contributed by atoms with van der Waals surface area (Å²) in [5.41, 5.74) is 1.30. The Kier molecular flexibility index (Phi) is 5.54. The SMILES string of the molecule is Cc1ccc(Br)cc1C(=O)NC(CC(C)C)C(=O)O. The standard InChI is InChI=1S/C14H18BrNO3/c1-8(2)6-12(14(18)19)16-13(17)11-7-10(15)5-4-9(11)3/h4-5,7-8,12H,6H2,1-3H3,(H,16,17)(H,18,19). The normalized spacial score (nSPS) is 12.3. The predicted octanol–water partition coefficient (Wildman–Crippen LogP) is 2.99. The highest BCUT2D eigenvalue weighted by atomic mass is 79.9. The molecule has 1 atom stereocenters. The number of carboxylic acid groups (broad SMARTS) is 1. The van der Waals surface area contributed by atoms with Crippen molar-refractivity contribution in [3.8, 4) is 0 Å². The van der Waals surface area contributed by atoms with Crippen LogP contribution in [0.1, 0.15) is 36.2 Å². The van der Waals surface area contributed by atoms with Crippen molar-refractivity contribution in [2.24, 2.45) is 5.92 Å². The lowest BCUT2D eigenvalue weighted by Crippen LogP contribution is -2.41. The summed E-state index contributed by atoms with van der Waals surface area (Å²) in [5.74, 6) is -1.16. The Hall–Kier alpha value is -1.36. The van der Waals surface area contributed by atoms with Crippen LogP contribution < -0.4 is 5.32 Å². The number of aliphatic carboxylic acids is 1. The average molecular weight is 328 g/mol. The highest BCUT2D eigenvalue weighted by Crippen LogP contribution is 2.16. The zero-order valence-electron chi connectivity index (χ0n) is 11.2. The van der Waals surface area contributed by atoms with E-state index in [1.165, 1.54) is 0 Å². The van der Waals surface area contributed by atoms with Crippen LogP contribution in [0, 0.1) is 12.8 Å². The first-order chi connectivity index (χ1) is 8.81. The average Bonchev–Trinajstić information content (AvgIpc) is 2.30. The molecule has 5 heteroatoms. The third-order valence-corrected chi connectivity index (χ3v) is 3.25. The van der Waals surface area contributed by atoms with Crippen molar-refractivity contribution in [1.82, 2.24) is 5.32 Å². The van der Waals surface area contributed by atoms with Crippen molar-refractivity contribution < 1.29 is 14.7 Å². The van der Waals surface area contributed by atoms with Crippen molar-refractivity contribution in [2.45, 2.75) is 33.2 Å². The van der Waals surface area contributed by atoms with Gasteiger partial charge in [-0.1, -0.05) is 35.8 Å². The molecule has 1 aromatic carbocycles. The summed E-state index contributed by atoms with van der Waals surface area (Å²) < 4.78 is 0.791. The summed E-state index contributed by atoms with van der Waals surface area (Å²) >= 11 is 3.30. The predicted molar refractivity (Wildman–Crippen MR) is 77.2 cm³/mol. The fourth-order valence-electron chi connectivity index (χ4n) is 1.77. The van der Waals surface area contributed by atoms with Crippen LogP contribution in [-0.2, 0) is 4.79 Å². The molecule has 1 rings (SSSR count). The van der Waals surface area contributed by atoms with Gasteiger partial charge >= 0.3 is 5.97 Å². The van der Waals surface area contributed by atoms with E-state index in [0.717, 1.165) is 10.0 Å². The highest BCUT2D eigenvalue weighted by molar-refractivity contribution is 9.10. The molecule has 0 fully saturated rings. The van der Waals surface area contributed by atoms with Gasteiger partial charge in [0.15, 0.2) is 0 Å². The minimum Gasteiger partial charge on any atom is -0.480 e. The minimum atomic E-state index is -1.00. The summed E-state index contributed by atoms with van der Waals surface area (Å²) in [7, 11) is 0. The molecule has 0 aliphatic carbocycles. The molecule has 0 heterocycles. The van der Waals surface area contributed by atoms with Gasteiger partial charge < -0.3 is 10.4 Å². The molecule has 0 saturated carbocycles. The van der Waals surface area contributed by atoms with Crippen LogP contribution in [0.5, 0.6) is 0 Å². The van der Waals surface area contributed by atoms with E-state index in [0.29, 0.717) is 12.0 Å². The van der Waals surface area contributed by atoms with Gasteiger partial charge in [-0.2, -0.15) is 0 Å². The second-order valence-corrected chi connectivity index (χ2v) is 5.87. The van der Waals surface area contributed by atoms with Gasteiger partial charge in [0.05, 0.1) is 0 Å². The number of nitrogens with one attached hydrogen (secondary N) is 1. The van der Waals surface area contributed by atoms with E-state index in [4.69, 9.17) is 5.11 Å². The number of hydrogen-bond donors (Lipinski definition) is 2. The fourth-order valence-corrected chi connectivity index (χ4v) is 2.13. The van der Waals surface area contributed by atoms with Crippen molar-refractivity contribution >= 4 is 27.8 Å². The van der Waals surface area contributed by atoms with Crippen LogP contribution in [-0.4, -0.2) is 23.0 Å². The highest BCUT2D eigenvalue weighted by Gasteiger charge is 2.22. The van der Waals surface area contributed by atoms with E-state index >= 15 is 0 Å².